The van der Waals surface area contributed by atoms with E-state index in [9.17, 15) is 14.4 Å². The topological polar surface area (TPSA) is 84.5 Å². The van der Waals surface area contributed by atoms with E-state index in [2.05, 4.69) is 17.2 Å². The van der Waals surface area contributed by atoms with Gasteiger partial charge in [0.15, 0.2) is 11.6 Å². The number of nitrogens with one attached hydrogen (secondary N) is 2. The highest BCUT2D eigenvalue weighted by Crippen LogP contribution is 2.36. The second kappa shape index (κ2) is 9.22. The maximum absolute atomic E-state index is 13.4. The molecule has 0 saturated heterocycles. The van der Waals surface area contributed by atoms with Crippen LogP contribution < -0.4 is 10.6 Å². The van der Waals surface area contributed by atoms with E-state index in [-0.39, 0.29) is 18.2 Å². The Balaban J connectivity index is 1.88. The highest BCUT2D eigenvalue weighted by atomic mass is 16.5. The summed E-state index contributed by atoms with van der Waals surface area (Å²) in [5.41, 5.74) is 2.89. The largest absolute Gasteiger partial charge is 0.462 e. The zero-order valence-corrected chi connectivity index (χ0v) is 18.9. The fraction of sp³-hybridized carbons (Fsp3) is 0.269. The first-order valence-corrected chi connectivity index (χ1v) is 10.5. The van der Waals surface area contributed by atoms with Crippen molar-refractivity contribution in [3.05, 3.63) is 83.1 Å². The van der Waals surface area contributed by atoms with E-state index in [1.54, 1.807) is 56.3 Å². The number of fused-ring (bicyclic) bond motifs is 2. The van der Waals surface area contributed by atoms with Crippen LogP contribution in [0, 0.1) is 5.41 Å². The minimum Gasteiger partial charge on any atom is -0.462 e. The molecule has 6 nitrogen and oxygen atoms in total. The lowest BCUT2D eigenvalue weighted by molar-refractivity contribution is -0.140. The molecule has 166 valence electrons. The molecule has 0 fully saturated rings. The number of allylic oxidation sites excluding steroid dienone is 2. The van der Waals surface area contributed by atoms with E-state index < -0.39 is 11.4 Å². The predicted molar refractivity (Wildman–Crippen MR) is 126 cm³/mol. The van der Waals surface area contributed by atoms with Crippen LogP contribution in [0.1, 0.15) is 59.5 Å². The van der Waals surface area contributed by atoms with Gasteiger partial charge < -0.3 is 15.4 Å². The number of ether oxygens (including phenoxy) is 1. The van der Waals surface area contributed by atoms with Crippen LogP contribution >= 0.6 is 0 Å². The molecule has 2 aromatic rings. The first-order valence-electron chi connectivity index (χ1n) is 10.5. The third kappa shape index (κ3) is 4.80. The number of carbonyl (C=O) groups is 3. The summed E-state index contributed by atoms with van der Waals surface area (Å²) in [4.78, 5) is 38.4. The van der Waals surface area contributed by atoms with Crippen LogP contribution in [0.25, 0.3) is 0 Å². The number of hydrogen-bond donors (Lipinski definition) is 2. The lowest BCUT2D eigenvalue weighted by atomic mass is 9.82. The Bertz CT molecular complexity index is 1130. The van der Waals surface area contributed by atoms with Gasteiger partial charge in [-0.15, -0.1) is 0 Å². The number of hydrogen-bond acceptors (Lipinski definition) is 6. The first-order chi connectivity index (χ1) is 15.1. The molecular weight excluding hydrogens is 404 g/mol. The molecule has 0 saturated carbocycles. The van der Waals surface area contributed by atoms with Crippen molar-refractivity contribution in [1.29, 1.82) is 0 Å². The maximum Gasteiger partial charge on any atom is 0.330 e. The summed E-state index contributed by atoms with van der Waals surface area (Å²) < 4.78 is 5.28. The smallest absolute Gasteiger partial charge is 0.330 e. The van der Waals surface area contributed by atoms with E-state index >= 15 is 0 Å². The van der Waals surface area contributed by atoms with E-state index in [0.717, 1.165) is 0 Å². The number of anilines is 2. The Labute approximate surface area is 188 Å². The molecule has 0 aromatic heterocycles. The van der Waals surface area contributed by atoms with Gasteiger partial charge in [-0.05, 0) is 26.0 Å². The summed E-state index contributed by atoms with van der Waals surface area (Å²) in [6, 6.07) is 10.4. The molecule has 0 atom stereocenters. The molecule has 0 bridgehead atoms. The summed E-state index contributed by atoms with van der Waals surface area (Å²) in [7, 11) is 0. The molecule has 0 unspecified atom stereocenters. The van der Waals surface area contributed by atoms with Crippen LogP contribution in [0.15, 0.2) is 60.8 Å². The second-order valence-electron chi connectivity index (χ2n) is 8.65. The van der Waals surface area contributed by atoms with Gasteiger partial charge in [-0.25, -0.2) is 4.79 Å². The lowest BCUT2D eigenvalue weighted by Crippen LogP contribution is -2.31. The molecule has 0 heterocycles. The normalized spacial score (nSPS) is 12.9. The number of ketones is 2. The standard InChI is InChI=1S/C26H28N2O4/c1-6-9-21(29)32-15-26(4,5)14-27-19-12-7-10-17-22(19)24(30)18-11-8-13-20(28-16(2)3)23(18)25(17)31/h6-13,27-28H,2,14-15H2,1,3-5H3/b9-6+. The molecular formula is C26H28N2O4. The third-order valence-corrected chi connectivity index (χ3v) is 5.09. The van der Waals surface area contributed by atoms with Crippen LogP contribution in [-0.2, 0) is 9.53 Å². The Kier molecular flexibility index (Phi) is 6.63. The molecule has 0 amide bonds. The van der Waals surface area contributed by atoms with Crippen LogP contribution in [0.2, 0.25) is 0 Å². The van der Waals surface area contributed by atoms with E-state index in [1.165, 1.54) is 6.08 Å². The molecule has 32 heavy (non-hydrogen) atoms. The van der Waals surface area contributed by atoms with Gasteiger partial charge in [0.05, 0.1) is 23.4 Å². The van der Waals surface area contributed by atoms with Gasteiger partial charge in [0.2, 0.25) is 0 Å². The van der Waals surface area contributed by atoms with Crippen LogP contribution in [0.3, 0.4) is 0 Å². The van der Waals surface area contributed by atoms with E-state index in [1.807, 2.05) is 13.8 Å². The highest BCUT2D eigenvalue weighted by Gasteiger charge is 2.34. The maximum atomic E-state index is 13.4. The highest BCUT2D eigenvalue weighted by molar-refractivity contribution is 6.31. The third-order valence-electron chi connectivity index (χ3n) is 5.09. The second-order valence-corrected chi connectivity index (χ2v) is 8.65. The van der Waals surface area contributed by atoms with Crippen LogP contribution in [0.4, 0.5) is 11.4 Å². The SMILES string of the molecule is C=C(C)Nc1cccc2c1C(=O)c1cccc(NCC(C)(C)COC(=O)/C=C/C)c1C2=O. The summed E-state index contributed by atoms with van der Waals surface area (Å²) in [6.45, 7) is 11.9. The summed E-state index contributed by atoms with van der Waals surface area (Å²) in [5.74, 6) is -0.809. The van der Waals surface area contributed by atoms with Gasteiger partial charge in [0, 0.05) is 40.5 Å². The average Bonchev–Trinajstić information content (AvgIpc) is 2.74. The summed E-state index contributed by atoms with van der Waals surface area (Å²) >= 11 is 0. The zero-order chi connectivity index (χ0) is 23.5. The number of carbonyl (C=O) groups excluding carboxylic acids is 3. The van der Waals surface area contributed by atoms with Crippen molar-refractivity contribution >= 4 is 28.9 Å². The van der Waals surface area contributed by atoms with Crippen LogP contribution in [-0.4, -0.2) is 30.7 Å². The minimum atomic E-state index is -0.394. The van der Waals surface area contributed by atoms with Gasteiger partial charge in [0.25, 0.3) is 0 Å². The van der Waals surface area contributed by atoms with Crippen molar-refractivity contribution in [2.45, 2.75) is 27.7 Å². The molecule has 0 spiro atoms. The molecule has 2 N–H and O–H groups in total. The van der Waals surface area contributed by atoms with Gasteiger partial charge in [0.1, 0.15) is 0 Å². The van der Waals surface area contributed by atoms with Gasteiger partial charge >= 0.3 is 5.97 Å². The molecule has 0 radical (unpaired) electrons. The Morgan fingerprint density at radius 3 is 2.16 bits per heavy atom. The van der Waals surface area contributed by atoms with Gasteiger partial charge in [-0.3, -0.25) is 9.59 Å². The van der Waals surface area contributed by atoms with Crippen molar-refractivity contribution < 1.29 is 19.1 Å². The number of benzene rings is 2. The zero-order valence-electron chi connectivity index (χ0n) is 18.9. The van der Waals surface area contributed by atoms with Crippen LogP contribution in [0.5, 0.6) is 0 Å². The monoisotopic (exact) mass is 432 g/mol. The summed E-state index contributed by atoms with van der Waals surface area (Å²) in [6.07, 6.45) is 3.00. The summed E-state index contributed by atoms with van der Waals surface area (Å²) in [5, 5.41) is 6.36. The molecule has 3 rings (SSSR count). The van der Waals surface area contributed by atoms with Crippen molar-refractivity contribution in [2.24, 2.45) is 5.41 Å². The fourth-order valence-corrected chi connectivity index (χ4v) is 3.56. The van der Waals surface area contributed by atoms with Gasteiger partial charge in [-0.1, -0.05) is 50.8 Å². The quantitative estimate of drug-likeness (QED) is 0.386. The molecule has 1 aliphatic carbocycles. The first kappa shape index (κ1) is 23.0. The fourth-order valence-electron chi connectivity index (χ4n) is 3.56. The van der Waals surface area contributed by atoms with Crippen molar-refractivity contribution in [2.75, 3.05) is 23.8 Å². The number of rotatable bonds is 8. The van der Waals surface area contributed by atoms with Crippen molar-refractivity contribution in [1.82, 2.24) is 0 Å². The molecule has 2 aromatic carbocycles. The predicted octanol–water partition coefficient (Wildman–Crippen LogP) is 4.96. The minimum absolute atomic E-state index is 0.206. The van der Waals surface area contributed by atoms with Crippen molar-refractivity contribution in [3.8, 4) is 0 Å². The Hall–Kier alpha value is -3.67. The van der Waals surface area contributed by atoms with Gasteiger partial charge in [-0.2, -0.15) is 0 Å². The Morgan fingerprint density at radius 2 is 1.59 bits per heavy atom. The van der Waals surface area contributed by atoms with E-state index in [0.29, 0.717) is 45.9 Å². The number of esters is 1. The molecule has 0 aliphatic heterocycles. The molecule has 6 heteroatoms. The molecule has 1 aliphatic rings. The van der Waals surface area contributed by atoms with E-state index in [4.69, 9.17) is 4.74 Å². The Morgan fingerprint density at radius 1 is 1.03 bits per heavy atom. The lowest BCUT2D eigenvalue weighted by Gasteiger charge is -2.27. The average molecular weight is 433 g/mol. The van der Waals surface area contributed by atoms with Crippen molar-refractivity contribution in [3.63, 3.8) is 0 Å².